The van der Waals surface area contributed by atoms with Crippen LogP contribution in [0.2, 0.25) is 0 Å². The number of aromatic hydroxyl groups is 2. The van der Waals surface area contributed by atoms with Crippen molar-refractivity contribution in [3.05, 3.63) is 18.3 Å². The molecular weight excluding hydrogens is 216 g/mol. The molecule has 2 aromatic rings. The zero-order valence-corrected chi connectivity index (χ0v) is 8.26. The summed E-state index contributed by atoms with van der Waals surface area (Å²) in [5, 5.41) is 18.6. The summed E-state index contributed by atoms with van der Waals surface area (Å²) in [6, 6.07) is 2.58. The fourth-order valence-corrected chi connectivity index (χ4v) is 1.18. The van der Waals surface area contributed by atoms with E-state index < -0.39 is 0 Å². The van der Waals surface area contributed by atoms with E-state index in [1.54, 1.807) is 6.07 Å². The second kappa shape index (κ2) is 3.70. The third-order valence-electron chi connectivity index (χ3n) is 1.57. The van der Waals surface area contributed by atoms with Crippen molar-refractivity contribution in [3.8, 4) is 23.3 Å². The highest BCUT2D eigenvalue weighted by Crippen LogP contribution is 2.19. The van der Waals surface area contributed by atoms with Crippen LogP contribution in [0.25, 0.3) is 11.5 Å². The Hall–Kier alpha value is -1.89. The number of aromatic nitrogens is 4. The zero-order valence-electron chi connectivity index (χ0n) is 7.36. The molecular formula is C8H6N4O2S. The Balaban J connectivity index is 2.54. The molecule has 0 fully saturated rings. The van der Waals surface area contributed by atoms with E-state index in [2.05, 4.69) is 32.6 Å². The summed E-state index contributed by atoms with van der Waals surface area (Å²) in [7, 11) is 0. The molecule has 2 aromatic heterocycles. The molecule has 6 nitrogen and oxygen atoms in total. The van der Waals surface area contributed by atoms with Gasteiger partial charge in [-0.2, -0.15) is 9.97 Å². The van der Waals surface area contributed by atoms with Crippen molar-refractivity contribution in [2.75, 3.05) is 0 Å². The van der Waals surface area contributed by atoms with Crippen molar-refractivity contribution in [2.24, 2.45) is 0 Å². The van der Waals surface area contributed by atoms with Crippen LogP contribution in [0.15, 0.2) is 23.5 Å². The van der Waals surface area contributed by atoms with Gasteiger partial charge in [0.1, 0.15) is 5.69 Å². The van der Waals surface area contributed by atoms with Crippen LogP contribution >= 0.6 is 12.6 Å². The Bertz CT molecular complexity index is 486. The van der Waals surface area contributed by atoms with E-state index in [1.807, 2.05) is 0 Å². The molecule has 0 amide bonds. The van der Waals surface area contributed by atoms with Gasteiger partial charge in [-0.15, -0.1) is 12.6 Å². The third kappa shape index (κ3) is 2.13. The van der Waals surface area contributed by atoms with Gasteiger partial charge >= 0.3 is 0 Å². The Morgan fingerprint density at radius 3 is 2.33 bits per heavy atom. The fourth-order valence-electron chi connectivity index (χ4n) is 1.01. The van der Waals surface area contributed by atoms with Gasteiger partial charge in [0.2, 0.25) is 11.8 Å². The minimum atomic E-state index is -0.322. The molecule has 0 saturated carbocycles. The van der Waals surface area contributed by atoms with Crippen LogP contribution in [0.3, 0.4) is 0 Å². The normalized spacial score (nSPS) is 10.2. The summed E-state index contributed by atoms with van der Waals surface area (Å²) in [6.07, 6.45) is 1.48. The first-order valence-electron chi connectivity index (χ1n) is 3.94. The molecule has 7 heteroatoms. The van der Waals surface area contributed by atoms with Crippen LogP contribution in [-0.4, -0.2) is 30.1 Å². The maximum Gasteiger partial charge on any atom is 0.218 e. The molecule has 0 spiro atoms. The lowest BCUT2D eigenvalue weighted by Gasteiger charge is -2.00. The van der Waals surface area contributed by atoms with Gasteiger partial charge in [0.25, 0.3) is 0 Å². The van der Waals surface area contributed by atoms with Crippen LogP contribution in [0.5, 0.6) is 11.8 Å². The maximum atomic E-state index is 9.15. The highest BCUT2D eigenvalue weighted by molar-refractivity contribution is 7.80. The largest absolute Gasteiger partial charge is 0.493 e. The SMILES string of the molecule is Oc1cc(O)nc(-c2ccnc(S)n2)n1. The van der Waals surface area contributed by atoms with Gasteiger partial charge in [-0.25, -0.2) is 9.97 Å². The first-order valence-corrected chi connectivity index (χ1v) is 4.39. The maximum absolute atomic E-state index is 9.15. The first-order chi connectivity index (χ1) is 7.15. The van der Waals surface area contributed by atoms with E-state index in [4.69, 9.17) is 10.2 Å². The Kier molecular flexibility index (Phi) is 2.38. The van der Waals surface area contributed by atoms with Crippen LogP contribution in [0, 0.1) is 0 Å². The standard InChI is InChI=1S/C8H6N4O2S/c13-5-3-6(14)12-7(11-5)4-1-2-9-8(15)10-4/h1-3H,(H,9,10,15)(H2,11,12,13,14). The van der Waals surface area contributed by atoms with Gasteiger partial charge in [-0.1, -0.05) is 0 Å². The van der Waals surface area contributed by atoms with Gasteiger partial charge in [0, 0.05) is 6.20 Å². The van der Waals surface area contributed by atoms with Crippen molar-refractivity contribution in [2.45, 2.75) is 5.16 Å². The van der Waals surface area contributed by atoms with Crippen molar-refractivity contribution in [1.82, 2.24) is 19.9 Å². The molecule has 0 atom stereocenters. The minimum absolute atomic E-state index is 0.116. The molecule has 0 aliphatic heterocycles. The Morgan fingerprint density at radius 1 is 1.07 bits per heavy atom. The second-order valence-corrected chi connectivity index (χ2v) is 3.05. The summed E-state index contributed by atoms with van der Waals surface area (Å²) < 4.78 is 0. The predicted octanol–water partition coefficient (Wildman–Crippen LogP) is 0.633. The van der Waals surface area contributed by atoms with E-state index in [0.717, 1.165) is 6.07 Å². The molecule has 0 saturated heterocycles. The first kappa shape index (κ1) is 9.66. The van der Waals surface area contributed by atoms with E-state index in [-0.39, 0.29) is 22.7 Å². The molecule has 0 unspecified atom stereocenters. The molecule has 0 radical (unpaired) electrons. The molecule has 2 heterocycles. The second-order valence-electron chi connectivity index (χ2n) is 2.65. The zero-order chi connectivity index (χ0) is 10.8. The molecule has 0 aliphatic carbocycles. The number of thiol groups is 1. The third-order valence-corrected chi connectivity index (χ3v) is 1.79. The fraction of sp³-hybridized carbons (Fsp3) is 0. The van der Waals surface area contributed by atoms with E-state index in [0.29, 0.717) is 5.69 Å². The van der Waals surface area contributed by atoms with E-state index in [9.17, 15) is 0 Å². The quantitative estimate of drug-likeness (QED) is 0.484. The number of nitrogens with zero attached hydrogens (tertiary/aromatic N) is 4. The number of rotatable bonds is 1. The summed E-state index contributed by atoms with van der Waals surface area (Å²) in [5.74, 6) is -0.529. The van der Waals surface area contributed by atoms with E-state index in [1.165, 1.54) is 6.20 Å². The lowest BCUT2D eigenvalue weighted by molar-refractivity contribution is 0.422. The van der Waals surface area contributed by atoms with Crippen molar-refractivity contribution in [3.63, 3.8) is 0 Å². The monoisotopic (exact) mass is 222 g/mol. The number of hydrogen-bond donors (Lipinski definition) is 3. The van der Waals surface area contributed by atoms with Gasteiger partial charge in [-0.05, 0) is 6.07 Å². The van der Waals surface area contributed by atoms with Gasteiger partial charge < -0.3 is 10.2 Å². The molecule has 2 N–H and O–H groups in total. The predicted molar refractivity (Wildman–Crippen MR) is 53.6 cm³/mol. The molecule has 0 aromatic carbocycles. The highest BCUT2D eigenvalue weighted by Gasteiger charge is 2.07. The van der Waals surface area contributed by atoms with Gasteiger partial charge in [0.15, 0.2) is 11.0 Å². The molecule has 0 bridgehead atoms. The lowest BCUT2D eigenvalue weighted by Crippen LogP contribution is -1.93. The van der Waals surface area contributed by atoms with Crippen molar-refractivity contribution in [1.29, 1.82) is 0 Å². The lowest BCUT2D eigenvalue weighted by atomic mass is 10.4. The van der Waals surface area contributed by atoms with Crippen molar-refractivity contribution < 1.29 is 10.2 Å². The Morgan fingerprint density at radius 2 is 1.73 bits per heavy atom. The van der Waals surface area contributed by atoms with Crippen molar-refractivity contribution >= 4 is 12.6 Å². The average Bonchev–Trinajstić information content (AvgIpc) is 2.16. The summed E-state index contributed by atoms with van der Waals surface area (Å²) in [6.45, 7) is 0. The summed E-state index contributed by atoms with van der Waals surface area (Å²) >= 11 is 3.95. The Labute approximate surface area is 90.1 Å². The van der Waals surface area contributed by atoms with Gasteiger partial charge in [-0.3, -0.25) is 0 Å². The summed E-state index contributed by atoms with van der Waals surface area (Å²) in [5.41, 5.74) is 0.376. The summed E-state index contributed by atoms with van der Waals surface area (Å²) in [4.78, 5) is 15.1. The van der Waals surface area contributed by atoms with Crippen LogP contribution in [0.1, 0.15) is 0 Å². The smallest absolute Gasteiger partial charge is 0.218 e. The van der Waals surface area contributed by atoms with Crippen LogP contribution in [0.4, 0.5) is 0 Å². The molecule has 2 rings (SSSR count). The number of hydrogen-bond acceptors (Lipinski definition) is 7. The topological polar surface area (TPSA) is 92.0 Å². The molecule has 0 aliphatic rings. The highest BCUT2D eigenvalue weighted by atomic mass is 32.1. The van der Waals surface area contributed by atoms with Crippen LogP contribution < -0.4 is 0 Å². The van der Waals surface area contributed by atoms with Gasteiger partial charge in [0.05, 0.1) is 6.07 Å². The van der Waals surface area contributed by atoms with Crippen LogP contribution in [-0.2, 0) is 0 Å². The molecule has 76 valence electrons. The minimum Gasteiger partial charge on any atom is -0.493 e. The average molecular weight is 222 g/mol. The molecule has 15 heavy (non-hydrogen) atoms. The van der Waals surface area contributed by atoms with E-state index >= 15 is 0 Å².